The highest BCUT2D eigenvalue weighted by Crippen LogP contribution is 2.30. The molecule has 4 N–H and O–H groups in total. The van der Waals surface area contributed by atoms with Gasteiger partial charge >= 0.3 is 0 Å². The predicted octanol–water partition coefficient (Wildman–Crippen LogP) is 2.63. The Balaban J connectivity index is 1.89. The minimum Gasteiger partial charge on any atom is -0.493 e. The van der Waals surface area contributed by atoms with E-state index in [0.717, 1.165) is 16.8 Å². The summed E-state index contributed by atoms with van der Waals surface area (Å²) in [6.45, 7) is 0. The monoisotopic (exact) mass is 353 g/mol. The van der Waals surface area contributed by atoms with Gasteiger partial charge in [0.2, 0.25) is 0 Å². The molecular formula is C20H23N3O3. The Hall–Kier alpha value is -3.02. The van der Waals surface area contributed by atoms with Gasteiger partial charge in [0.1, 0.15) is 6.04 Å². The van der Waals surface area contributed by atoms with Crippen molar-refractivity contribution in [3.05, 3.63) is 47.5 Å². The van der Waals surface area contributed by atoms with E-state index >= 15 is 0 Å². The second-order valence-corrected chi connectivity index (χ2v) is 6.29. The molecule has 2 aromatic carbocycles. The Bertz CT molecular complexity index is 861. The number of anilines is 2. The molecule has 0 amide bonds. The molecule has 0 radical (unpaired) electrons. The molecule has 26 heavy (non-hydrogen) atoms. The second kappa shape index (κ2) is 7.47. The lowest BCUT2D eigenvalue weighted by molar-refractivity contribution is -0.120. The zero-order valence-electron chi connectivity index (χ0n) is 15.0. The van der Waals surface area contributed by atoms with Gasteiger partial charge in [-0.1, -0.05) is 6.07 Å². The average Bonchev–Trinajstić information content (AvgIpc) is 2.65. The van der Waals surface area contributed by atoms with E-state index in [0.29, 0.717) is 42.1 Å². The number of ether oxygens (including phenoxy) is 2. The summed E-state index contributed by atoms with van der Waals surface area (Å²) in [5.41, 5.74) is 15.7. The first-order valence-corrected chi connectivity index (χ1v) is 8.47. The van der Waals surface area contributed by atoms with Gasteiger partial charge in [-0.15, -0.1) is 0 Å². The van der Waals surface area contributed by atoms with Crippen LogP contribution in [0.15, 0.2) is 41.4 Å². The largest absolute Gasteiger partial charge is 0.493 e. The maximum absolute atomic E-state index is 12.4. The molecule has 6 heteroatoms. The standard InChI is InChI=1S/C20H23N3O3/c1-25-19-8-4-13(10-20(19)26-2)16-6-7-18(24)17(23-16)9-12-3-5-14(21)11-15(12)22/h3-5,8,10-11,17H,6-7,9,21-22H2,1-2H3. The highest BCUT2D eigenvalue weighted by molar-refractivity contribution is 6.06. The van der Waals surface area contributed by atoms with E-state index in [9.17, 15) is 4.79 Å². The molecule has 0 saturated carbocycles. The van der Waals surface area contributed by atoms with Crippen LogP contribution in [0.4, 0.5) is 11.4 Å². The number of nitrogens with zero attached hydrogens (tertiary/aromatic N) is 1. The van der Waals surface area contributed by atoms with Crippen molar-refractivity contribution in [1.82, 2.24) is 0 Å². The molecular weight excluding hydrogens is 330 g/mol. The van der Waals surface area contributed by atoms with Gasteiger partial charge in [0.15, 0.2) is 17.3 Å². The minimum atomic E-state index is -0.433. The lowest BCUT2D eigenvalue weighted by Crippen LogP contribution is -2.28. The Kier molecular flexibility index (Phi) is 5.11. The van der Waals surface area contributed by atoms with Crippen molar-refractivity contribution in [2.24, 2.45) is 4.99 Å². The molecule has 0 aliphatic carbocycles. The third-order valence-electron chi connectivity index (χ3n) is 4.59. The molecule has 136 valence electrons. The summed E-state index contributed by atoms with van der Waals surface area (Å²) in [6.07, 6.45) is 1.55. The molecule has 6 nitrogen and oxygen atoms in total. The van der Waals surface area contributed by atoms with Crippen molar-refractivity contribution in [3.8, 4) is 11.5 Å². The van der Waals surface area contributed by atoms with Crippen molar-refractivity contribution in [1.29, 1.82) is 0 Å². The lowest BCUT2D eigenvalue weighted by atomic mass is 9.92. The Morgan fingerprint density at radius 2 is 1.81 bits per heavy atom. The number of nitrogens with two attached hydrogens (primary N) is 2. The number of nitrogen functional groups attached to an aromatic ring is 2. The summed E-state index contributed by atoms with van der Waals surface area (Å²) in [5, 5.41) is 0. The topological polar surface area (TPSA) is 99.9 Å². The van der Waals surface area contributed by atoms with E-state index < -0.39 is 6.04 Å². The van der Waals surface area contributed by atoms with Crippen LogP contribution in [0.1, 0.15) is 24.0 Å². The summed E-state index contributed by atoms with van der Waals surface area (Å²) in [5.74, 6) is 1.43. The molecule has 0 saturated heterocycles. The molecule has 3 rings (SSSR count). The summed E-state index contributed by atoms with van der Waals surface area (Å²) < 4.78 is 10.6. The van der Waals surface area contributed by atoms with Crippen molar-refractivity contribution < 1.29 is 14.3 Å². The number of carbonyl (C=O) groups is 1. The van der Waals surface area contributed by atoms with Crippen LogP contribution in [0.2, 0.25) is 0 Å². The van der Waals surface area contributed by atoms with Crippen LogP contribution in [0.25, 0.3) is 0 Å². The Labute approximate surface area is 152 Å². The normalized spacial score (nSPS) is 16.9. The molecule has 0 spiro atoms. The zero-order valence-corrected chi connectivity index (χ0v) is 15.0. The first kappa shape index (κ1) is 17.8. The third-order valence-corrected chi connectivity index (χ3v) is 4.59. The van der Waals surface area contributed by atoms with Crippen LogP contribution in [0.5, 0.6) is 11.5 Å². The second-order valence-electron chi connectivity index (χ2n) is 6.29. The number of hydrogen-bond donors (Lipinski definition) is 2. The number of Topliss-reactive ketones (excluding diaryl/α,β-unsaturated/α-hetero) is 1. The number of carbonyl (C=O) groups excluding carboxylic acids is 1. The fourth-order valence-electron chi connectivity index (χ4n) is 3.13. The van der Waals surface area contributed by atoms with Crippen molar-refractivity contribution in [2.75, 3.05) is 25.7 Å². The predicted molar refractivity (Wildman–Crippen MR) is 103 cm³/mol. The zero-order chi connectivity index (χ0) is 18.7. The number of benzene rings is 2. The van der Waals surface area contributed by atoms with E-state index in [-0.39, 0.29) is 5.78 Å². The molecule has 1 heterocycles. The van der Waals surface area contributed by atoms with Gasteiger partial charge in [0.25, 0.3) is 0 Å². The average molecular weight is 353 g/mol. The van der Waals surface area contributed by atoms with Crippen molar-refractivity contribution in [2.45, 2.75) is 25.3 Å². The van der Waals surface area contributed by atoms with E-state index in [1.54, 1.807) is 26.4 Å². The quantitative estimate of drug-likeness (QED) is 0.805. The van der Waals surface area contributed by atoms with E-state index in [1.165, 1.54) is 0 Å². The first-order chi connectivity index (χ1) is 12.5. The van der Waals surface area contributed by atoms with Crippen LogP contribution in [0, 0.1) is 0 Å². The van der Waals surface area contributed by atoms with E-state index in [2.05, 4.69) is 0 Å². The highest BCUT2D eigenvalue weighted by Gasteiger charge is 2.25. The number of aliphatic imine (C=N–C) groups is 1. The maximum atomic E-state index is 12.4. The van der Waals surface area contributed by atoms with Gasteiger partial charge in [-0.3, -0.25) is 9.79 Å². The van der Waals surface area contributed by atoms with Crippen molar-refractivity contribution >= 4 is 22.9 Å². The van der Waals surface area contributed by atoms with Gasteiger partial charge in [0, 0.05) is 29.9 Å². The first-order valence-electron chi connectivity index (χ1n) is 8.47. The summed E-state index contributed by atoms with van der Waals surface area (Å²) >= 11 is 0. The lowest BCUT2D eigenvalue weighted by Gasteiger charge is -2.21. The number of rotatable bonds is 5. The van der Waals surface area contributed by atoms with E-state index in [1.807, 2.05) is 24.3 Å². The number of ketones is 1. The van der Waals surface area contributed by atoms with Gasteiger partial charge in [-0.2, -0.15) is 0 Å². The fraction of sp³-hybridized carbons (Fsp3) is 0.300. The van der Waals surface area contributed by atoms with Crippen LogP contribution in [0.3, 0.4) is 0 Å². The Morgan fingerprint density at radius 1 is 1.04 bits per heavy atom. The molecule has 2 aromatic rings. The Morgan fingerprint density at radius 3 is 2.50 bits per heavy atom. The minimum absolute atomic E-state index is 0.130. The molecule has 0 fully saturated rings. The third kappa shape index (κ3) is 3.64. The van der Waals surface area contributed by atoms with Gasteiger partial charge in [-0.05, 0) is 47.9 Å². The van der Waals surface area contributed by atoms with Crippen LogP contribution in [-0.4, -0.2) is 31.8 Å². The molecule has 1 aliphatic heterocycles. The van der Waals surface area contributed by atoms with Gasteiger partial charge in [-0.25, -0.2) is 0 Å². The van der Waals surface area contributed by atoms with Crippen LogP contribution in [-0.2, 0) is 11.2 Å². The summed E-state index contributed by atoms with van der Waals surface area (Å²) in [4.78, 5) is 17.1. The molecule has 0 aromatic heterocycles. The summed E-state index contributed by atoms with van der Waals surface area (Å²) in [6, 6.07) is 10.6. The van der Waals surface area contributed by atoms with E-state index in [4.69, 9.17) is 25.9 Å². The summed E-state index contributed by atoms with van der Waals surface area (Å²) in [7, 11) is 3.20. The molecule has 1 atom stereocenters. The molecule has 0 bridgehead atoms. The van der Waals surface area contributed by atoms with Crippen LogP contribution >= 0.6 is 0 Å². The SMILES string of the molecule is COc1ccc(C2=NC(Cc3ccc(N)cc3N)C(=O)CC2)cc1OC. The number of methoxy groups -OCH3 is 2. The molecule has 1 unspecified atom stereocenters. The fourth-order valence-corrected chi connectivity index (χ4v) is 3.13. The van der Waals surface area contributed by atoms with Gasteiger partial charge < -0.3 is 20.9 Å². The van der Waals surface area contributed by atoms with Crippen LogP contribution < -0.4 is 20.9 Å². The smallest absolute Gasteiger partial charge is 0.161 e. The molecule has 1 aliphatic rings. The highest BCUT2D eigenvalue weighted by atomic mass is 16.5. The number of hydrogen-bond acceptors (Lipinski definition) is 6. The van der Waals surface area contributed by atoms with Gasteiger partial charge in [0.05, 0.1) is 14.2 Å². The van der Waals surface area contributed by atoms with Crippen molar-refractivity contribution in [3.63, 3.8) is 0 Å². The maximum Gasteiger partial charge on any atom is 0.161 e.